The van der Waals surface area contributed by atoms with E-state index in [1.54, 1.807) is 6.07 Å². The maximum absolute atomic E-state index is 14.0. The summed E-state index contributed by atoms with van der Waals surface area (Å²) >= 11 is 0. The van der Waals surface area contributed by atoms with Crippen LogP contribution in [0.5, 0.6) is 5.75 Å². The zero-order valence-corrected chi connectivity index (χ0v) is 11.0. The van der Waals surface area contributed by atoms with Crippen molar-refractivity contribution in [2.45, 2.75) is 6.43 Å². The van der Waals surface area contributed by atoms with Gasteiger partial charge in [0.15, 0.2) is 5.82 Å². The Morgan fingerprint density at radius 1 is 1.43 bits per heavy atom. The lowest BCUT2D eigenvalue weighted by Crippen LogP contribution is -2.23. The summed E-state index contributed by atoms with van der Waals surface area (Å²) in [5.74, 6) is -1.74. The summed E-state index contributed by atoms with van der Waals surface area (Å²) in [7, 11) is 2.36. The third-order valence-corrected chi connectivity index (χ3v) is 2.83. The number of nitrogens with zero attached hydrogens (tertiary/aromatic N) is 4. The Morgan fingerprint density at radius 3 is 2.57 bits per heavy atom. The number of rotatable bonds is 3. The van der Waals surface area contributed by atoms with Gasteiger partial charge in [0.2, 0.25) is 5.82 Å². The lowest BCUT2D eigenvalue weighted by molar-refractivity contribution is 0.136. The molecule has 0 atom stereocenters. The van der Waals surface area contributed by atoms with Crippen LogP contribution >= 0.6 is 0 Å². The molecule has 0 N–H and O–H groups in total. The fourth-order valence-corrected chi connectivity index (χ4v) is 1.76. The maximum atomic E-state index is 14.0. The fourth-order valence-electron chi connectivity index (χ4n) is 1.76. The van der Waals surface area contributed by atoms with Crippen LogP contribution in [0.2, 0.25) is 0 Å². The quantitative estimate of drug-likeness (QED) is 0.861. The summed E-state index contributed by atoms with van der Waals surface area (Å²) in [6, 6.07) is 3.62. The summed E-state index contributed by atoms with van der Waals surface area (Å²) in [5, 5.41) is 12.2. The zero-order chi connectivity index (χ0) is 15.7. The number of halogens is 3. The van der Waals surface area contributed by atoms with Crippen LogP contribution in [0.3, 0.4) is 0 Å². The van der Waals surface area contributed by atoms with Crippen molar-refractivity contribution in [2.75, 3.05) is 7.11 Å². The summed E-state index contributed by atoms with van der Waals surface area (Å²) < 4.78 is 45.4. The van der Waals surface area contributed by atoms with Crippen molar-refractivity contribution in [3.8, 4) is 17.5 Å². The van der Waals surface area contributed by atoms with Crippen LogP contribution in [0.15, 0.2) is 16.9 Å². The molecule has 0 amide bonds. The first kappa shape index (κ1) is 14.6. The highest BCUT2D eigenvalue weighted by Gasteiger charge is 2.22. The molecule has 0 aliphatic carbocycles. The molecule has 0 aliphatic rings. The average molecular weight is 298 g/mol. The minimum Gasteiger partial charge on any atom is -0.495 e. The molecule has 9 heteroatoms. The summed E-state index contributed by atoms with van der Waals surface area (Å²) in [4.78, 5) is 11.9. The molecule has 0 saturated heterocycles. The number of benzene rings is 1. The molecule has 0 aliphatic heterocycles. The number of hydrogen-bond donors (Lipinski definition) is 0. The smallest absolute Gasteiger partial charge is 0.350 e. The van der Waals surface area contributed by atoms with Gasteiger partial charge in [0.05, 0.1) is 12.7 Å². The highest BCUT2D eigenvalue weighted by Crippen LogP contribution is 2.24. The second-order valence-corrected chi connectivity index (χ2v) is 4.03. The number of alkyl halides is 2. The molecule has 6 nitrogen and oxygen atoms in total. The van der Waals surface area contributed by atoms with Crippen LogP contribution < -0.4 is 10.4 Å². The second kappa shape index (κ2) is 5.32. The SMILES string of the molecule is COc1cc(-n2nc(C(F)F)n(C)c2=O)c(F)cc1C#N. The minimum atomic E-state index is -2.98. The third-order valence-electron chi connectivity index (χ3n) is 2.83. The van der Waals surface area contributed by atoms with E-state index in [1.807, 2.05) is 0 Å². The van der Waals surface area contributed by atoms with Crippen LogP contribution in [0, 0.1) is 17.1 Å². The Labute approximate surface area is 116 Å². The van der Waals surface area contributed by atoms with Gasteiger partial charge in [-0.2, -0.15) is 9.94 Å². The molecule has 2 rings (SSSR count). The van der Waals surface area contributed by atoms with Crippen LogP contribution in [0.1, 0.15) is 17.8 Å². The van der Waals surface area contributed by atoms with E-state index in [1.165, 1.54) is 7.11 Å². The topological polar surface area (TPSA) is 72.8 Å². The molecular formula is C12H9F3N4O2. The largest absolute Gasteiger partial charge is 0.495 e. The molecule has 2 aromatic rings. The van der Waals surface area contributed by atoms with Crippen LogP contribution in [-0.2, 0) is 7.05 Å². The van der Waals surface area contributed by atoms with Crippen molar-refractivity contribution in [1.29, 1.82) is 5.26 Å². The van der Waals surface area contributed by atoms with Gasteiger partial charge in [-0.1, -0.05) is 0 Å². The Bertz CT molecular complexity index is 789. The summed E-state index contributed by atoms with van der Waals surface area (Å²) in [5.41, 5.74) is -1.40. The lowest BCUT2D eigenvalue weighted by atomic mass is 10.2. The van der Waals surface area contributed by atoms with Gasteiger partial charge in [0.1, 0.15) is 17.5 Å². The van der Waals surface area contributed by atoms with Gasteiger partial charge in [-0.15, -0.1) is 5.10 Å². The monoisotopic (exact) mass is 298 g/mol. The molecular weight excluding hydrogens is 289 g/mol. The molecule has 1 aromatic carbocycles. The fraction of sp³-hybridized carbons (Fsp3) is 0.250. The average Bonchev–Trinajstić information content (AvgIpc) is 2.75. The molecule has 0 saturated carbocycles. The van der Waals surface area contributed by atoms with Gasteiger partial charge < -0.3 is 4.74 Å². The molecule has 110 valence electrons. The molecule has 0 spiro atoms. The van der Waals surface area contributed by atoms with Crippen molar-refractivity contribution >= 4 is 0 Å². The standard InChI is InChI=1S/C12H9F3N4O2/c1-18-11(10(14)15)17-19(12(18)20)8-4-9(21-2)6(5-16)3-7(8)13/h3-4,10H,1-2H3. The van der Waals surface area contributed by atoms with E-state index in [0.29, 0.717) is 9.25 Å². The first-order valence-corrected chi connectivity index (χ1v) is 5.62. The van der Waals surface area contributed by atoms with E-state index in [9.17, 15) is 18.0 Å². The van der Waals surface area contributed by atoms with Gasteiger partial charge in [0.25, 0.3) is 6.43 Å². The molecule has 1 heterocycles. The van der Waals surface area contributed by atoms with Crippen LogP contribution in [0.4, 0.5) is 13.2 Å². The summed E-state index contributed by atoms with van der Waals surface area (Å²) in [6.07, 6.45) is -2.98. The number of nitriles is 1. The molecule has 0 radical (unpaired) electrons. The second-order valence-electron chi connectivity index (χ2n) is 4.03. The van der Waals surface area contributed by atoms with Crippen LogP contribution in [0.25, 0.3) is 5.69 Å². The highest BCUT2D eigenvalue weighted by molar-refractivity contribution is 5.50. The van der Waals surface area contributed by atoms with Crippen molar-refractivity contribution in [2.24, 2.45) is 7.05 Å². The predicted molar refractivity (Wildman–Crippen MR) is 65.0 cm³/mol. The Kier molecular flexibility index (Phi) is 3.71. The van der Waals surface area contributed by atoms with E-state index in [0.717, 1.165) is 19.2 Å². The summed E-state index contributed by atoms with van der Waals surface area (Å²) in [6.45, 7) is 0. The first-order chi connectivity index (χ1) is 9.90. The highest BCUT2D eigenvalue weighted by atomic mass is 19.3. The Morgan fingerprint density at radius 2 is 2.10 bits per heavy atom. The first-order valence-electron chi connectivity index (χ1n) is 5.62. The number of aromatic nitrogens is 3. The van der Waals surface area contributed by atoms with Crippen molar-refractivity contribution in [3.05, 3.63) is 39.8 Å². The molecule has 1 aromatic heterocycles. The van der Waals surface area contributed by atoms with Gasteiger partial charge in [0, 0.05) is 13.1 Å². The van der Waals surface area contributed by atoms with Crippen LogP contribution in [-0.4, -0.2) is 21.5 Å². The number of methoxy groups -OCH3 is 1. The Balaban J connectivity index is 2.71. The van der Waals surface area contributed by atoms with E-state index < -0.39 is 23.8 Å². The van der Waals surface area contributed by atoms with E-state index in [4.69, 9.17) is 10.00 Å². The van der Waals surface area contributed by atoms with Gasteiger partial charge in [-0.05, 0) is 6.07 Å². The van der Waals surface area contributed by atoms with Gasteiger partial charge in [-0.3, -0.25) is 4.57 Å². The number of hydrogen-bond acceptors (Lipinski definition) is 4. The molecule has 21 heavy (non-hydrogen) atoms. The van der Waals surface area contributed by atoms with E-state index in [-0.39, 0.29) is 17.0 Å². The van der Waals surface area contributed by atoms with Gasteiger partial charge >= 0.3 is 5.69 Å². The van der Waals surface area contributed by atoms with Crippen molar-refractivity contribution in [3.63, 3.8) is 0 Å². The van der Waals surface area contributed by atoms with Crippen molar-refractivity contribution in [1.82, 2.24) is 14.3 Å². The van der Waals surface area contributed by atoms with Crippen molar-refractivity contribution < 1.29 is 17.9 Å². The number of ether oxygens (including phenoxy) is 1. The third kappa shape index (κ3) is 2.35. The predicted octanol–water partition coefficient (Wildman–Crippen LogP) is 1.53. The van der Waals surface area contributed by atoms with E-state index >= 15 is 0 Å². The molecule has 0 fully saturated rings. The maximum Gasteiger partial charge on any atom is 0.350 e. The lowest BCUT2D eigenvalue weighted by Gasteiger charge is -2.07. The minimum absolute atomic E-state index is 0.00468. The molecule has 0 unspecified atom stereocenters. The van der Waals surface area contributed by atoms with E-state index in [2.05, 4.69) is 5.10 Å². The van der Waals surface area contributed by atoms with Gasteiger partial charge in [-0.25, -0.2) is 18.0 Å². The Hall–Kier alpha value is -2.76. The molecule has 0 bridgehead atoms. The normalized spacial score (nSPS) is 10.7. The zero-order valence-electron chi connectivity index (χ0n) is 11.0.